The molecule has 3 heteroatoms. The first-order valence-electron chi connectivity index (χ1n) is 15.0. The van der Waals surface area contributed by atoms with Crippen molar-refractivity contribution >= 4 is 37.4 Å². The van der Waals surface area contributed by atoms with Crippen LogP contribution in [0.15, 0.2) is 121 Å². The predicted octanol–water partition coefficient (Wildman–Crippen LogP) is 9.06. The van der Waals surface area contributed by atoms with Gasteiger partial charge in [0, 0.05) is 22.2 Å². The lowest BCUT2D eigenvalue weighted by Crippen LogP contribution is -2.38. The molecule has 1 aliphatic rings. The highest BCUT2D eigenvalue weighted by molar-refractivity contribution is 7.84. The van der Waals surface area contributed by atoms with Crippen LogP contribution in [-0.4, -0.2) is 10.5 Å². The molecule has 0 bridgehead atoms. The molecule has 0 aliphatic heterocycles. The van der Waals surface area contributed by atoms with E-state index < -0.39 is 16.1 Å². The Kier molecular flexibility index (Phi) is 11.2. The minimum absolute atomic E-state index is 0.558. The van der Waals surface area contributed by atoms with E-state index in [0.29, 0.717) is 6.04 Å². The predicted molar refractivity (Wildman–Crippen MR) is 175 cm³/mol. The number of rotatable bonds is 7. The Morgan fingerprint density at radius 1 is 0.359 bits per heavy atom. The van der Waals surface area contributed by atoms with Crippen molar-refractivity contribution in [1.29, 1.82) is 0 Å². The van der Waals surface area contributed by atoms with Gasteiger partial charge in [0.2, 0.25) is 0 Å². The largest absolute Gasteiger partial charge is 0.242 e. The standard InChI is InChI=1S/C36H43NP2/c1-2-4-6-12-22-32(23-13-7-5-3-1)37(38(33-24-14-8-15-25-33)34-26-16-9-17-27-34)39(35-28-18-10-19-29-35)36-30-20-11-21-31-36/h8-11,14-21,24-32H,1-7,12-13,22-23H2. The lowest BCUT2D eigenvalue weighted by atomic mass is 9.98. The molecule has 0 spiro atoms. The van der Waals surface area contributed by atoms with E-state index >= 15 is 0 Å². The third-order valence-corrected chi connectivity index (χ3v) is 13.5. The summed E-state index contributed by atoms with van der Waals surface area (Å²) >= 11 is 0. The fourth-order valence-corrected chi connectivity index (χ4v) is 12.3. The lowest BCUT2D eigenvalue weighted by Gasteiger charge is -2.44. The SMILES string of the molecule is c1ccc(P(c2ccccc2)N(C2CCCCCCCCCCC2)P(c2ccccc2)c2ccccc2)cc1. The molecule has 5 rings (SSSR count). The van der Waals surface area contributed by atoms with E-state index in [1.165, 1.54) is 91.8 Å². The topological polar surface area (TPSA) is 3.24 Å². The highest BCUT2D eigenvalue weighted by Crippen LogP contribution is 2.57. The zero-order chi connectivity index (χ0) is 26.5. The van der Waals surface area contributed by atoms with Crippen LogP contribution in [0.3, 0.4) is 0 Å². The Morgan fingerprint density at radius 2 is 0.615 bits per heavy atom. The van der Waals surface area contributed by atoms with Crippen molar-refractivity contribution in [3.63, 3.8) is 0 Å². The summed E-state index contributed by atoms with van der Waals surface area (Å²) in [7, 11) is -1.42. The van der Waals surface area contributed by atoms with Crippen molar-refractivity contribution in [3.05, 3.63) is 121 Å². The first kappa shape index (κ1) is 28.2. The average molecular weight is 552 g/mol. The average Bonchev–Trinajstić information content (AvgIpc) is 2.99. The Hall–Kier alpha value is -2.30. The van der Waals surface area contributed by atoms with Crippen molar-refractivity contribution in [1.82, 2.24) is 4.44 Å². The number of nitrogens with zero attached hydrogens (tertiary/aromatic N) is 1. The van der Waals surface area contributed by atoms with Crippen molar-refractivity contribution in [2.24, 2.45) is 0 Å². The minimum atomic E-state index is -0.709. The van der Waals surface area contributed by atoms with Gasteiger partial charge < -0.3 is 0 Å². The molecule has 1 fully saturated rings. The maximum Gasteiger partial charge on any atom is 0.0325 e. The molecule has 39 heavy (non-hydrogen) atoms. The summed E-state index contributed by atoms with van der Waals surface area (Å²) in [4.78, 5) is 0. The second-order valence-corrected chi connectivity index (χ2v) is 15.2. The highest BCUT2D eigenvalue weighted by Gasteiger charge is 2.36. The molecule has 0 saturated heterocycles. The molecule has 202 valence electrons. The smallest absolute Gasteiger partial charge is 0.0325 e. The van der Waals surface area contributed by atoms with Crippen LogP contribution in [0.2, 0.25) is 0 Å². The van der Waals surface area contributed by atoms with E-state index in [9.17, 15) is 0 Å². The molecule has 0 N–H and O–H groups in total. The van der Waals surface area contributed by atoms with E-state index in [-0.39, 0.29) is 0 Å². The van der Waals surface area contributed by atoms with Crippen LogP contribution < -0.4 is 21.2 Å². The second kappa shape index (κ2) is 15.5. The lowest BCUT2D eigenvalue weighted by molar-refractivity contribution is 0.388. The van der Waals surface area contributed by atoms with Crippen molar-refractivity contribution in [3.8, 4) is 0 Å². The third-order valence-electron chi connectivity index (χ3n) is 7.81. The van der Waals surface area contributed by atoms with E-state index in [0.717, 1.165) is 0 Å². The molecule has 4 aromatic carbocycles. The summed E-state index contributed by atoms with van der Waals surface area (Å²) in [6, 6.07) is 46.1. The van der Waals surface area contributed by atoms with Gasteiger partial charge in [-0.1, -0.05) is 179 Å². The summed E-state index contributed by atoms with van der Waals surface area (Å²) in [6.45, 7) is 0. The third kappa shape index (κ3) is 7.89. The van der Waals surface area contributed by atoms with E-state index in [2.05, 4.69) is 126 Å². The Balaban J connectivity index is 1.67. The normalized spacial score (nSPS) is 16.2. The fraction of sp³-hybridized carbons (Fsp3) is 0.333. The van der Waals surface area contributed by atoms with Gasteiger partial charge in [-0.15, -0.1) is 0 Å². The highest BCUT2D eigenvalue weighted by atomic mass is 31.2. The summed E-state index contributed by atoms with van der Waals surface area (Å²) in [5.41, 5.74) is 0. The molecule has 1 saturated carbocycles. The van der Waals surface area contributed by atoms with Crippen LogP contribution in [-0.2, 0) is 0 Å². The first-order chi connectivity index (χ1) is 19.4. The van der Waals surface area contributed by atoms with Gasteiger partial charge in [0.1, 0.15) is 0 Å². The van der Waals surface area contributed by atoms with Crippen molar-refractivity contribution < 1.29 is 0 Å². The van der Waals surface area contributed by atoms with Gasteiger partial charge in [0.05, 0.1) is 0 Å². The molecule has 1 aliphatic carbocycles. The summed E-state index contributed by atoms with van der Waals surface area (Å²) in [5, 5.41) is 5.85. The molecular weight excluding hydrogens is 508 g/mol. The molecule has 4 aromatic rings. The van der Waals surface area contributed by atoms with Crippen molar-refractivity contribution in [2.45, 2.75) is 76.7 Å². The van der Waals surface area contributed by atoms with Gasteiger partial charge >= 0.3 is 0 Å². The number of hydrogen-bond acceptors (Lipinski definition) is 1. The van der Waals surface area contributed by atoms with Crippen LogP contribution in [0.4, 0.5) is 0 Å². The Morgan fingerprint density at radius 3 is 0.897 bits per heavy atom. The van der Waals surface area contributed by atoms with Crippen molar-refractivity contribution in [2.75, 3.05) is 0 Å². The van der Waals surface area contributed by atoms with Gasteiger partial charge in [0.25, 0.3) is 0 Å². The van der Waals surface area contributed by atoms with E-state index in [1.54, 1.807) is 0 Å². The molecule has 1 nitrogen and oxygen atoms in total. The molecule has 0 atom stereocenters. The fourth-order valence-electron chi connectivity index (χ4n) is 5.84. The Bertz CT molecular complexity index is 1030. The number of benzene rings is 4. The zero-order valence-corrected chi connectivity index (χ0v) is 25.0. The van der Waals surface area contributed by atoms with Gasteiger partial charge in [-0.05, 0) is 34.1 Å². The Labute approximate surface area is 239 Å². The van der Waals surface area contributed by atoms with Crippen LogP contribution in [0, 0.1) is 0 Å². The molecule has 0 heterocycles. The van der Waals surface area contributed by atoms with Crippen LogP contribution in [0.25, 0.3) is 0 Å². The molecule has 0 amide bonds. The monoisotopic (exact) mass is 551 g/mol. The van der Waals surface area contributed by atoms with Gasteiger partial charge in [-0.25, -0.2) is 4.44 Å². The second-order valence-electron chi connectivity index (χ2n) is 10.7. The quantitative estimate of drug-likeness (QED) is 0.207. The zero-order valence-electron chi connectivity index (χ0n) is 23.2. The van der Waals surface area contributed by atoms with E-state index in [4.69, 9.17) is 0 Å². The van der Waals surface area contributed by atoms with Gasteiger partial charge in [-0.2, -0.15) is 0 Å². The van der Waals surface area contributed by atoms with Gasteiger partial charge in [0.15, 0.2) is 0 Å². The summed E-state index contributed by atoms with van der Waals surface area (Å²) in [5.74, 6) is 0. The molecule has 0 unspecified atom stereocenters. The minimum Gasteiger partial charge on any atom is -0.242 e. The molecule has 0 aromatic heterocycles. The van der Waals surface area contributed by atoms with Crippen LogP contribution in [0.1, 0.15) is 70.6 Å². The summed E-state index contributed by atoms with van der Waals surface area (Å²) < 4.78 is 3.05. The molecule has 0 radical (unpaired) electrons. The first-order valence-corrected chi connectivity index (χ1v) is 17.6. The summed E-state index contributed by atoms with van der Waals surface area (Å²) in [6.07, 6.45) is 15.0. The van der Waals surface area contributed by atoms with Gasteiger partial charge in [-0.3, -0.25) is 0 Å². The number of hydrogen-bond donors (Lipinski definition) is 0. The maximum atomic E-state index is 3.05. The van der Waals surface area contributed by atoms with Crippen LogP contribution >= 0.6 is 16.1 Å². The van der Waals surface area contributed by atoms with E-state index in [1.807, 2.05) is 0 Å². The maximum absolute atomic E-state index is 3.05. The van der Waals surface area contributed by atoms with Crippen LogP contribution in [0.5, 0.6) is 0 Å². The molecular formula is C36H43NP2.